The van der Waals surface area contributed by atoms with Gasteiger partial charge in [0.2, 0.25) is 0 Å². The van der Waals surface area contributed by atoms with Crippen LogP contribution in [0.4, 0.5) is 0 Å². The van der Waals surface area contributed by atoms with Crippen molar-refractivity contribution < 1.29 is 9.53 Å². The van der Waals surface area contributed by atoms with Crippen molar-refractivity contribution in [3.05, 3.63) is 27.7 Å². The van der Waals surface area contributed by atoms with Crippen LogP contribution in [0.15, 0.2) is 12.1 Å². The highest BCUT2D eigenvalue weighted by Crippen LogP contribution is 2.32. The van der Waals surface area contributed by atoms with Gasteiger partial charge in [-0.3, -0.25) is 4.79 Å². The van der Waals surface area contributed by atoms with E-state index in [1.54, 1.807) is 12.1 Å². The lowest BCUT2D eigenvalue weighted by Gasteiger charge is -2.30. The molecule has 19 heavy (non-hydrogen) atoms. The van der Waals surface area contributed by atoms with E-state index in [4.69, 9.17) is 27.9 Å². The van der Waals surface area contributed by atoms with Gasteiger partial charge in [-0.05, 0) is 24.8 Å². The van der Waals surface area contributed by atoms with E-state index in [9.17, 15) is 4.79 Å². The minimum atomic E-state index is -0.0542. The number of benzene rings is 1. The highest BCUT2D eigenvalue weighted by molar-refractivity contribution is 6.36. The van der Waals surface area contributed by atoms with Gasteiger partial charge < -0.3 is 9.64 Å². The average Bonchev–Trinajstić information content (AvgIpc) is 2.41. The van der Waals surface area contributed by atoms with E-state index < -0.39 is 0 Å². The molecule has 1 aromatic carbocycles. The summed E-state index contributed by atoms with van der Waals surface area (Å²) in [5, 5.41) is 0.783. The Labute approximate surface area is 123 Å². The molecule has 0 aliphatic carbocycles. The van der Waals surface area contributed by atoms with Gasteiger partial charge in [0.15, 0.2) is 0 Å². The Hall–Kier alpha value is -0.930. The van der Waals surface area contributed by atoms with Crippen LogP contribution in [0.5, 0.6) is 5.75 Å². The predicted molar refractivity (Wildman–Crippen MR) is 77.3 cm³/mol. The fourth-order valence-corrected chi connectivity index (χ4v) is 2.71. The number of carbonyl (C=O) groups is 1. The van der Waals surface area contributed by atoms with E-state index in [0.29, 0.717) is 27.3 Å². The zero-order chi connectivity index (χ0) is 14.0. The van der Waals surface area contributed by atoms with Gasteiger partial charge in [0, 0.05) is 19.2 Å². The largest absolute Gasteiger partial charge is 0.495 e. The molecule has 1 aliphatic heterocycles. The van der Waals surface area contributed by atoms with Crippen LogP contribution in [0, 0.1) is 5.92 Å². The summed E-state index contributed by atoms with van der Waals surface area (Å²) in [4.78, 5) is 14.3. The number of ether oxygens (including phenoxy) is 1. The zero-order valence-electron chi connectivity index (χ0n) is 11.1. The van der Waals surface area contributed by atoms with Crippen molar-refractivity contribution in [2.45, 2.75) is 19.8 Å². The van der Waals surface area contributed by atoms with Crippen LogP contribution in [0.1, 0.15) is 30.1 Å². The monoisotopic (exact) mass is 301 g/mol. The predicted octanol–water partition coefficient (Wildman–Crippen LogP) is 3.87. The number of hydrogen-bond donors (Lipinski definition) is 0. The van der Waals surface area contributed by atoms with Gasteiger partial charge in [0.25, 0.3) is 5.91 Å². The van der Waals surface area contributed by atoms with E-state index in [1.165, 1.54) is 7.11 Å². The summed E-state index contributed by atoms with van der Waals surface area (Å²) in [5.41, 5.74) is 0.446. The highest BCUT2D eigenvalue weighted by Gasteiger charge is 2.24. The van der Waals surface area contributed by atoms with E-state index >= 15 is 0 Å². The number of halogens is 2. The maximum atomic E-state index is 12.4. The fourth-order valence-electron chi connectivity index (χ4n) is 2.23. The first-order valence-corrected chi connectivity index (χ1v) is 7.10. The van der Waals surface area contributed by atoms with Crippen LogP contribution < -0.4 is 4.74 Å². The standard InChI is InChI=1S/C14H17Cl2NO2/c1-9-3-5-17(6-4-9)14(18)10-7-12(16)13(19-2)8-11(10)15/h7-9H,3-6H2,1-2H3. The molecule has 0 N–H and O–H groups in total. The second-order valence-corrected chi connectivity index (χ2v) is 5.76. The van der Waals surface area contributed by atoms with Crippen molar-refractivity contribution in [1.29, 1.82) is 0 Å². The van der Waals surface area contributed by atoms with Crippen LogP contribution in [0.25, 0.3) is 0 Å². The van der Waals surface area contributed by atoms with Gasteiger partial charge in [0.1, 0.15) is 5.75 Å². The summed E-state index contributed by atoms with van der Waals surface area (Å²) in [5.74, 6) is 1.11. The lowest BCUT2D eigenvalue weighted by atomic mass is 9.98. The van der Waals surface area contributed by atoms with Gasteiger partial charge in [-0.2, -0.15) is 0 Å². The molecule has 104 valence electrons. The molecule has 1 saturated heterocycles. The van der Waals surface area contributed by atoms with Gasteiger partial charge in [-0.15, -0.1) is 0 Å². The number of rotatable bonds is 2. The van der Waals surface area contributed by atoms with E-state index in [1.807, 2.05) is 4.90 Å². The van der Waals surface area contributed by atoms with Crippen molar-refractivity contribution in [1.82, 2.24) is 4.90 Å². The normalized spacial score (nSPS) is 16.5. The fraction of sp³-hybridized carbons (Fsp3) is 0.500. The summed E-state index contributed by atoms with van der Waals surface area (Å²) < 4.78 is 5.08. The van der Waals surface area contributed by atoms with Crippen molar-refractivity contribution >= 4 is 29.1 Å². The minimum Gasteiger partial charge on any atom is -0.495 e. The van der Waals surface area contributed by atoms with Crippen molar-refractivity contribution in [3.63, 3.8) is 0 Å². The molecule has 3 nitrogen and oxygen atoms in total. The molecule has 0 aromatic heterocycles. The van der Waals surface area contributed by atoms with Gasteiger partial charge >= 0.3 is 0 Å². The van der Waals surface area contributed by atoms with Crippen LogP contribution in [-0.4, -0.2) is 31.0 Å². The number of likely N-dealkylation sites (tertiary alicyclic amines) is 1. The lowest BCUT2D eigenvalue weighted by Crippen LogP contribution is -2.38. The first-order chi connectivity index (χ1) is 9.02. The Morgan fingerprint density at radius 3 is 2.47 bits per heavy atom. The molecule has 0 unspecified atom stereocenters. The number of nitrogens with zero attached hydrogens (tertiary/aromatic N) is 1. The third-order valence-corrected chi connectivity index (χ3v) is 4.15. The topological polar surface area (TPSA) is 29.5 Å². The number of methoxy groups -OCH3 is 1. The maximum absolute atomic E-state index is 12.4. The smallest absolute Gasteiger partial charge is 0.255 e. The highest BCUT2D eigenvalue weighted by atomic mass is 35.5. The Morgan fingerprint density at radius 1 is 1.26 bits per heavy atom. The van der Waals surface area contributed by atoms with E-state index in [0.717, 1.165) is 25.9 Å². The summed E-state index contributed by atoms with van der Waals surface area (Å²) in [6.45, 7) is 3.76. The summed E-state index contributed by atoms with van der Waals surface area (Å²) >= 11 is 12.2. The van der Waals surface area contributed by atoms with Crippen molar-refractivity contribution in [2.75, 3.05) is 20.2 Å². The molecule has 0 radical (unpaired) electrons. The molecule has 0 bridgehead atoms. The minimum absolute atomic E-state index is 0.0542. The molecular weight excluding hydrogens is 285 g/mol. The molecule has 2 rings (SSSR count). The summed E-state index contributed by atoms with van der Waals surface area (Å²) in [6.07, 6.45) is 2.07. The second kappa shape index (κ2) is 6.02. The molecule has 0 atom stereocenters. The van der Waals surface area contributed by atoms with E-state index in [2.05, 4.69) is 6.92 Å². The molecule has 1 heterocycles. The Kier molecular flexibility index (Phi) is 4.58. The molecule has 1 amide bonds. The molecule has 1 aromatic rings. The third-order valence-electron chi connectivity index (χ3n) is 3.54. The van der Waals surface area contributed by atoms with Crippen LogP contribution >= 0.6 is 23.2 Å². The van der Waals surface area contributed by atoms with Gasteiger partial charge in [-0.25, -0.2) is 0 Å². The Balaban J connectivity index is 2.22. The number of carbonyl (C=O) groups excluding carboxylic acids is 1. The quantitative estimate of drug-likeness (QED) is 0.830. The zero-order valence-corrected chi connectivity index (χ0v) is 12.6. The molecule has 0 saturated carbocycles. The summed E-state index contributed by atoms with van der Waals surface area (Å²) in [7, 11) is 1.52. The second-order valence-electron chi connectivity index (χ2n) is 4.94. The summed E-state index contributed by atoms with van der Waals surface area (Å²) in [6, 6.07) is 3.17. The van der Waals surface area contributed by atoms with Crippen molar-refractivity contribution in [3.8, 4) is 5.75 Å². The molecular formula is C14H17Cl2NO2. The first-order valence-electron chi connectivity index (χ1n) is 6.35. The van der Waals surface area contributed by atoms with Crippen molar-refractivity contribution in [2.24, 2.45) is 5.92 Å². The SMILES string of the molecule is COc1cc(Cl)c(C(=O)N2CCC(C)CC2)cc1Cl. The molecule has 0 spiro atoms. The lowest BCUT2D eigenvalue weighted by molar-refractivity contribution is 0.0697. The van der Waals surface area contributed by atoms with E-state index in [-0.39, 0.29) is 5.91 Å². The Morgan fingerprint density at radius 2 is 1.89 bits per heavy atom. The first kappa shape index (κ1) is 14.5. The number of amides is 1. The van der Waals surface area contributed by atoms with Gasteiger partial charge in [-0.1, -0.05) is 30.1 Å². The average molecular weight is 302 g/mol. The van der Waals surface area contributed by atoms with Crippen LogP contribution in [-0.2, 0) is 0 Å². The molecule has 1 fully saturated rings. The van der Waals surface area contributed by atoms with Gasteiger partial charge in [0.05, 0.1) is 22.7 Å². The van der Waals surface area contributed by atoms with Crippen LogP contribution in [0.3, 0.4) is 0 Å². The molecule has 1 aliphatic rings. The molecule has 5 heteroatoms. The van der Waals surface area contributed by atoms with Crippen LogP contribution in [0.2, 0.25) is 10.0 Å². The third kappa shape index (κ3) is 3.15. The number of piperidine rings is 1. The Bertz CT molecular complexity index is 483. The number of hydrogen-bond acceptors (Lipinski definition) is 2. The maximum Gasteiger partial charge on any atom is 0.255 e.